The van der Waals surface area contributed by atoms with Gasteiger partial charge in [-0.25, -0.2) is 0 Å². The van der Waals surface area contributed by atoms with Gasteiger partial charge >= 0.3 is 6.18 Å². The van der Waals surface area contributed by atoms with Crippen molar-refractivity contribution >= 4 is 23.4 Å². The van der Waals surface area contributed by atoms with E-state index in [1.54, 1.807) is 11.8 Å². The fourth-order valence-corrected chi connectivity index (χ4v) is 2.35. The van der Waals surface area contributed by atoms with Crippen LogP contribution in [0.25, 0.3) is 0 Å². The molecule has 7 heteroatoms. The van der Waals surface area contributed by atoms with Gasteiger partial charge in [0.2, 0.25) is 0 Å². The van der Waals surface area contributed by atoms with Gasteiger partial charge in [-0.05, 0) is 37.0 Å². The number of benzene rings is 1. The maximum Gasteiger partial charge on any atom is 0.418 e. The first-order valence-corrected chi connectivity index (χ1v) is 8.00. The van der Waals surface area contributed by atoms with Crippen LogP contribution in [-0.4, -0.2) is 24.5 Å². The molecule has 0 aliphatic carbocycles. The van der Waals surface area contributed by atoms with Crippen molar-refractivity contribution in [3.8, 4) is 0 Å². The molecule has 0 saturated heterocycles. The summed E-state index contributed by atoms with van der Waals surface area (Å²) in [5, 5.41) is 2.60. The van der Waals surface area contributed by atoms with Gasteiger partial charge in [-0.1, -0.05) is 12.5 Å². The third-order valence-electron chi connectivity index (χ3n) is 2.97. The SMILES string of the molecule is CSCCCCCNC(=O)c1cccc(C(F)(F)F)c1N. The van der Waals surface area contributed by atoms with E-state index in [1.165, 1.54) is 12.1 Å². The lowest BCUT2D eigenvalue weighted by molar-refractivity contribution is -0.136. The molecule has 3 N–H and O–H groups in total. The molecule has 0 fully saturated rings. The smallest absolute Gasteiger partial charge is 0.398 e. The maximum atomic E-state index is 12.7. The molecule has 0 aliphatic rings. The molecular formula is C14H19F3N2OS. The Morgan fingerprint density at radius 2 is 2.00 bits per heavy atom. The summed E-state index contributed by atoms with van der Waals surface area (Å²) in [6.45, 7) is 0.433. The predicted molar refractivity (Wildman–Crippen MR) is 80.4 cm³/mol. The van der Waals surface area contributed by atoms with Crippen molar-refractivity contribution < 1.29 is 18.0 Å². The summed E-state index contributed by atoms with van der Waals surface area (Å²) >= 11 is 1.76. The van der Waals surface area contributed by atoms with Crippen molar-refractivity contribution in [3.63, 3.8) is 0 Å². The number of alkyl halides is 3. The topological polar surface area (TPSA) is 55.1 Å². The second kappa shape index (κ2) is 8.17. The van der Waals surface area contributed by atoms with Crippen molar-refractivity contribution in [2.45, 2.75) is 25.4 Å². The first-order chi connectivity index (χ1) is 9.88. The Labute approximate surface area is 126 Å². The number of nitrogens with one attached hydrogen (secondary N) is 1. The molecule has 0 saturated carbocycles. The minimum Gasteiger partial charge on any atom is -0.398 e. The third-order valence-corrected chi connectivity index (χ3v) is 3.66. The zero-order valence-electron chi connectivity index (χ0n) is 11.8. The molecule has 1 rings (SSSR count). The summed E-state index contributed by atoms with van der Waals surface area (Å²) in [7, 11) is 0. The Morgan fingerprint density at radius 3 is 2.62 bits per heavy atom. The third kappa shape index (κ3) is 5.49. The van der Waals surface area contributed by atoms with Crippen LogP contribution >= 0.6 is 11.8 Å². The number of carbonyl (C=O) groups excluding carboxylic acids is 1. The van der Waals surface area contributed by atoms with E-state index in [9.17, 15) is 18.0 Å². The van der Waals surface area contributed by atoms with Crippen molar-refractivity contribution in [2.75, 3.05) is 24.3 Å². The monoisotopic (exact) mass is 320 g/mol. The van der Waals surface area contributed by atoms with Crippen LogP contribution < -0.4 is 11.1 Å². The van der Waals surface area contributed by atoms with E-state index < -0.39 is 23.3 Å². The van der Waals surface area contributed by atoms with Crippen molar-refractivity contribution in [2.24, 2.45) is 0 Å². The number of halogens is 3. The van der Waals surface area contributed by atoms with Gasteiger partial charge in [-0.3, -0.25) is 4.79 Å². The fraction of sp³-hybridized carbons (Fsp3) is 0.500. The number of hydrogen-bond donors (Lipinski definition) is 2. The highest BCUT2D eigenvalue weighted by Gasteiger charge is 2.34. The number of amides is 1. The molecule has 1 amide bonds. The number of nitrogen functional groups attached to an aromatic ring is 1. The van der Waals surface area contributed by atoms with E-state index in [-0.39, 0.29) is 5.56 Å². The lowest BCUT2D eigenvalue weighted by Gasteiger charge is -2.13. The first kappa shape index (κ1) is 17.7. The summed E-state index contributed by atoms with van der Waals surface area (Å²) in [6, 6.07) is 3.36. The van der Waals surface area contributed by atoms with Gasteiger partial charge in [-0.15, -0.1) is 0 Å². The summed E-state index contributed by atoms with van der Waals surface area (Å²) in [5.74, 6) is 0.498. The number of hydrogen-bond acceptors (Lipinski definition) is 3. The molecule has 1 aromatic rings. The minimum absolute atomic E-state index is 0.131. The lowest BCUT2D eigenvalue weighted by Crippen LogP contribution is -2.26. The van der Waals surface area contributed by atoms with Crippen molar-refractivity contribution in [1.82, 2.24) is 5.32 Å². The van der Waals surface area contributed by atoms with Crippen LogP contribution in [0.15, 0.2) is 18.2 Å². The van der Waals surface area contributed by atoms with Gasteiger partial charge in [0.1, 0.15) is 0 Å². The first-order valence-electron chi connectivity index (χ1n) is 6.60. The van der Waals surface area contributed by atoms with E-state index in [1.807, 2.05) is 6.26 Å². The Kier molecular flexibility index (Phi) is 6.87. The zero-order valence-corrected chi connectivity index (χ0v) is 12.6. The fourth-order valence-electron chi connectivity index (χ4n) is 1.86. The lowest BCUT2D eigenvalue weighted by atomic mass is 10.1. The maximum absolute atomic E-state index is 12.7. The van der Waals surface area contributed by atoms with Crippen LogP contribution in [0.3, 0.4) is 0 Å². The molecule has 0 atom stereocenters. The second-order valence-electron chi connectivity index (χ2n) is 4.57. The van der Waals surface area contributed by atoms with Crippen LogP contribution in [0.5, 0.6) is 0 Å². The molecular weight excluding hydrogens is 301 g/mol. The summed E-state index contributed by atoms with van der Waals surface area (Å²) in [5.41, 5.74) is 3.83. The van der Waals surface area contributed by atoms with Crippen LogP contribution in [-0.2, 0) is 6.18 Å². The predicted octanol–water partition coefficient (Wildman–Crippen LogP) is 3.55. The summed E-state index contributed by atoms with van der Waals surface area (Å²) < 4.78 is 38.1. The molecule has 0 aromatic heterocycles. The van der Waals surface area contributed by atoms with Crippen molar-refractivity contribution in [1.29, 1.82) is 0 Å². The number of para-hydroxylation sites is 1. The Hall–Kier alpha value is -1.37. The number of unbranched alkanes of at least 4 members (excludes halogenated alkanes) is 2. The molecule has 0 unspecified atom stereocenters. The van der Waals surface area contributed by atoms with Crippen LogP contribution in [0.4, 0.5) is 18.9 Å². The quantitative estimate of drug-likeness (QED) is 0.597. The standard InChI is InChI=1S/C14H19F3N2OS/c1-21-9-4-2-3-8-19-13(20)10-6-5-7-11(12(10)18)14(15,16)17/h5-7H,2-4,8-9,18H2,1H3,(H,19,20). The van der Waals surface area contributed by atoms with Gasteiger partial charge in [0.15, 0.2) is 0 Å². The Morgan fingerprint density at radius 1 is 1.29 bits per heavy atom. The molecule has 21 heavy (non-hydrogen) atoms. The molecule has 0 bridgehead atoms. The number of thioether (sulfide) groups is 1. The van der Waals surface area contributed by atoms with Gasteiger partial charge in [0, 0.05) is 6.54 Å². The van der Waals surface area contributed by atoms with Crippen molar-refractivity contribution in [3.05, 3.63) is 29.3 Å². The van der Waals surface area contributed by atoms with E-state index in [0.717, 1.165) is 31.1 Å². The largest absolute Gasteiger partial charge is 0.418 e. The highest BCUT2D eigenvalue weighted by Crippen LogP contribution is 2.34. The van der Waals surface area contributed by atoms with Crippen LogP contribution in [0.1, 0.15) is 35.2 Å². The highest BCUT2D eigenvalue weighted by molar-refractivity contribution is 7.98. The number of anilines is 1. The average Bonchev–Trinajstić information content (AvgIpc) is 2.41. The van der Waals surface area contributed by atoms with Gasteiger partial charge in [0.25, 0.3) is 5.91 Å². The molecule has 118 valence electrons. The minimum atomic E-state index is -4.56. The Balaban J connectivity index is 2.59. The average molecular weight is 320 g/mol. The van der Waals surface area contributed by atoms with E-state index >= 15 is 0 Å². The number of nitrogens with two attached hydrogens (primary N) is 1. The molecule has 3 nitrogen and oxygen atoms in total. The molecule has 0 heterocycles. The van der Waals surface area contributed by atoms with E-state index in [0.29, 0.717) is 6.54 Å². The molecule has 0 aliphatic heterocycles. The normalized spacial score (nSPS) is 11.4. The van der Waals surface area contributed by atoms with Gasteiger partial charge in [-0.2, -0.15) is 24.9 Å². The summed E-state index contributed by atoms with van der Waals surface area (Å²) in [4.78, 5) is 11.9. The van der Waals surface area contributed by atoms with E-state index in [2.05, 4.69) is 5.32 Å². The van der Waals surface area contributed by atoms with E-state index in [4.69, 9.17) is 5.73 Å². The van der Waals surface area contributed by atoms with Gasteiger partial charge < -0.3 is 11.1 Å². The molecule has 0 spiro atoms. The Bertz CT molecular complexity index is 478. The number of carbonyl (C=O) groups is 1. The zero-order chi connectivity index (χ0) is 15.9. The van der Waals surface area contributed by atoms with Gasteiger partial charge in [0.05, 0.1) is 16.8 Å². The van der Waals surface area contributed by atoms with Crippen LogP contribution in [0.2, 0.25) is 0 Å². The summed E-state index contributed by atoms with van der Waals surface area (Å²) in [6.07, 6.45) is 0.295. The van der Waals surface area contributed by atoms with Crippen LogP contribution in [0, 0.1) is 0 Å². The second-order valence-corrected chi connectivity index (χ2v) is 5.56. The highest BCUT2D eigenvalue weighted by atomic mass is 32.2. The molecule has 1 aromatic carbocycles. The number of rotatable bonds is 7. The molecule has 0 radical (unpaired) electrons.